The Bertz CT molecular complexity index is 460. The van der Waals surface area contributed by atoms with Gasteiger partial charge in [-0.15, -0.1) is 0 Å². The van der Waals surface area contributed by atoms with E-state index in [1.165, 1.54) is 11.4 Å². The molecule has 0 aromatic carbocycles. The highest BCUT2D eigenvalue weighted by Gasteiger charge is 2.29. The Hall–Kier alpha value is -0.220. The third-order valence-electron chi connectivity index (χ3n) is 2.97. The van der Waals surface area contributed by atoms with Crippen LogP contribution >= 0.6 is 0 Å². The van der Waals surface area contributed by atoms with Crippen LogP contribution in [0.4, 0.5) is 0 Å². The highest BCUT2D eigenvalue weighted by atomic mass is 32.2. The predicted molar refractivity (Wildman–Crippen MR) is 70.0 cm³/mol. The molecule has 1 aliphatic rings. The van der Waals surface area contributed by atoms with Crippen molar-refractivity contribution >= 4 is 20.0 Å². The molecule has 0 amide bonds. The van der Waals surface area contributed by atoms with Gasteiger partial charge in [0.2, 0.25) is 0 Å². The van der Waals surface area contributed by atoms with Gasteiger partial charge in [0.05, 0.1) is 11.5 Å². The topological polar surface area (TPSA) is 110 Å². The van der Waals surface area contributed by atoms with Gasteiger partial charge in [-0.1, -0.05) is 0 Å². The zero-order valence-corrected chi connectivity index (χ0v) is 12.1. The average molecular weight is 299 g/mol. The van der Waals surface area contributed by atoms with Crippen LogP contribution in [-0.4, -0.2) is 59.3 Å². The van der Waals surface area contributed by atoms with Crippen LogP contribution in [0.1, 0.15) is 12.8 Å². The van der Waals surface area contributed by atoms with Crippen LogP contribution < -0.4 is 10.5 Å². The molecule has 1 atom stereocenters. The van der Waals surface area contributed by atoms with Crippen molar-refractivity contribution in [3.63, 3.8) is 0 Å². The molecular weight excluding hydrogens is 278 g/mol. The van der Waals surface area contributed by atoms with Crippen LogP contribution in [0.15, 0.2) is 0 Å². The summed E-state index contributed by atoms with van der Waals surface area (Å²) in [6.45, 7) is 0.962. The molecule has 108 valence electrons. The maximum atomic E-state index is 11.8. The van der Waals surface area contributed by atoms with E-state index in [4.69, 9.17) is 5.73 Å². The first kappa shape index (κ1) is 15.8. The molecule has 0 aliphatic carbocycles. The molecule has 9 heteroatoms. The summed E-state index contributed by atoms with van der Waals surface area (Å²) in [6, 6.07) is 0. The van der Waals surface area contributed by atoms with Crippen LogP contribution in [0.2, 0.25) is 0 Å². The summed E-state index contributed by atoms with van der Waals surface area (Å²) in [6.07, 6.45) is 1.12. The number of hydrogen-bond donors (Lipinski definition) is 2. The molecule has 1 unspecified atom stereocenters. The normalized spacial score (nSPS) is 23.6. The van der Waals surface area contributed by atoms with Crippen LogP contribution in [0.3, 0.4) is 0 Å². The molecular formula is C9H21N3O4S2. The van der Waals surface area contributed by atoms with Gasteiger partial charge in [-0.2, -0.15) is 12.7 Å². The van der Waals surface area contributed by atoms with E-state index in [0.717, 1.165) is 0 Å². The number of sulfone groups is 1. The van der Waals surface area contributed by atoms with E-state index in [2.05, 4.69) is 4.72 Å². The summed E-state index contributed by atoms with van der Waals surface area (Å²) < 4.78 is 49.7. The highest BCUT2D eigenvalue weighted by Crippen LogP contribution is 2.17. The van der Waals surface area contributed by atoms with E-state index >= 15 is 0 Å². The lowest BCUT2D eigenvalue weighted by molar-refractivity contribution is 0.445. The molecule has 0 aromatic heterocycles. The van der Waals surface area contributed by atoms with E-state index in [0.29, 0.717) is 25.9 Å². The third kappa shape index (κ3) is 4.81. The lowest BCUT2D eigenvalue weighted by atomic mass is 10.1. The Morgan fingerprint density at radius 3 is 2.61 bits per heavy atom. The van der Waals surface area contributed by atoms with E-state index in [1.54, 1.807) is 0 Å². The predicted octanol–water partition coefficient (Wildman–Crippen LogP) is -1.46. The average Bonchev–Trinajstić information content (AvgIpc) is 2.63. The van der Waals surface area contributed by atoms with E-state index in [1.807, 2.05) is 0 Å². The molecule has 1 fully saturated rings. The zero-order chi connectivity index (χ0) is 13.8. The van der Waals surface area contributed by atoms with Gasteiger partial charge in [-0.3, -0.25) is 0 Å². The van der Waals surface area contributed by atoms with Crippen molar-refractivity contribution < 1.29 is 16.8 Å². The van der Waals surface area contributed by atoms with Crippen LogP contribution in [0, 0.1) is 5.92 Å². The van der Waals surface area contributed by atoms with E-state index < -0.39 is 20.0 Å². The molecule has 0 spiro atoms. The van der Waals surface area contributed by atoms with Crippen LogP contribution in [0.5, 0.6) is 0 Å². The molecule has 3 N–H and O–H groups in total. The van der Waals surface area contributed by atoms with Crippen molar-refractivity contribution in [2.24, 2.45) is 11.7 Å². The summed E-state index contributed by atoms with van der Waals surface area (Å²) in [5.41, 5.74) is 5.31. The van der Waals surface area contributed by atoms with Gasteiger partial charge in [0, 0.05) is 20.1 Å². The number of rotatable bonds is 7. The van der Waals surface area contributed by atoms with Crippen molar-refractivity contribution in [1.82, 2.24) is 9.03 Å². The standard InChI is InChI=1S/C9H21N3O4S2/c1-12(5-2-4-10)18(15,16)11-7-9-3-6-17(13,14)8-9/h9,11H,2-8,10H2,1H3. The largest absolute Gasteiger partial charge is 0.330 e. The summed E-state index contributed by atoms with van der Waals surface area (Å²) in [4.78, 5) is 0. The molecule has 1 heterocycles. The maximum Gasteiger partial charge on any atom is 0.279 e. The minimum Gasteiger partial charge on any atom is -0.330 e. The van der Waals surface area contributed by atoms with Crippen molar-refractivity contribution in [2.45, 2.75) is 12.8 Å². The molecule has 18 heavy (non-hydrogen) atoms. The van der Waals surface area contributed by atoms with Crippen molar-refractivity contribution in [2.75, 3.05) is 38.2 Å². The number of hydrogen-bond acceptors (Lipinski definition) is 5. The summed E-state index contributed by atoms with van der Waals surface area (Å²) in [5.74, 6) is 0.109. The van der Waals surface area contributed by atoms with Gasteiger partial charge in [0.15, 0.2) is 9.84 Å². The quantitative estimate of drug-likeness (QED) is 0.597. The van der Waals surface area contributed by atoms with Crippen molar-refractivity contribution in [1.29, 1.82) is 0 Å². The minimum absolute atomic E-state index is 0.0715. The Labute approximate surface area is 109 Å². The summed E-state index contributed by atoms with van der Waals surface area (Å²) in [5, 5.41) is 0. The van der Waals surface area contributed by atoms with Crippen LogP contribution in [-0.2, 0) is 20.0 Å². The fourth-order valence-electron chi connectivity index (χ4n) is 1.80. The molecule has 7 nitrogen and oxygen atoms in total. The smallest absolute Gasteiger partial charge is 0.279 e. The maximum absolute atomic E-state index is 11.8. The molecule has 1 rings (SSSR count). The first-order valence-electron chi connectivity index (χ1n) is 5.88. The number of nitrogens with two attached hydrogens (primary N) is 1. The Morgan fingerprint density at radius 1 is 1.44 bits per heavy atom. The van der Waals surface area contributed by atoms with E-state index in [9.17, 15) is 16.8 Å². The zero-order valence-electron chi connectivity index (χ0n) is 10.5. The fourth-order valence-corrected chi connectivity index (χ4v) is 4.70. The highest BCUT2D eigenvalue weighted by molar-refractivity contribution is 7.91. The molecule has 1 aliphatic heterocycles. The lowest BCUT2D eigenvalue weighted by Gasteiger charge is -2.18. The Balaban J connectivity index is 2.42. The second kappa shape index (κ2) is 6.29. The van der Waals surface area contributed by atoms with Gasteiger partial charge < -0.3 is 5.73 Å². The minimum atomic E-state index is -3.52. The Kier molecular flexibility index (Phi) is 5.53. The SMILES string of the molecule is CN(CCCN)S(=O)(=O)NCC1CCS(=O)(=O)C1. The summed E-state index contributed by atoms with van der Waals surface area (Å²) >= 11 is 0. The van der Waals surface area contributed by atoms with Crippen molar-refractivity contribution in [3.05, 3.63) is 0 Å². The second-order valence-electron chi connectivity index (χ2n) is 4.59. The first-order valence-corrected chi connectivity index (χ1v) is 9.14. The number of nitrogens with zero attached hydrogens (tertiary/aromatic N) is 1. The van der Waals surface area contributed by atoms with Gasteiger partial charge >= 0.3 is 0 Å². The molecule has 0 aromatic rings. The molecule has 0 radical (unpaired) electrons. The summed E-state index contributed by atoms with van der Waals surface area (Å²) in [7, 11) is -5.01. The van der Waals surface area contributed by atoms with Gasteiger partial charge in [-0.25, -0.2) is 13.1 Å². The van der Waals surface area contributed by atoms with Gasteiger partial charge in [-0.05, 0) is 25.3 Å². The first-order chi connectivity index (χ1) is 8.27. The monoisotopic (exact) mass is 299 g/mol. The number of nitrogens with one attached hydrogen (secondary N) is 1. The van der Waals surface area contributed by atoms with Gasteiger partial charge in [0.25, 0.3) is 10.2 Å². The molecule has 0 saturated carbocycles. The van der Waals surface area contributed by atoms with Gasteiger partial charge in [0.1, 0.15) is 0 Å². The third-order valence-corrected chi connectivity index (χ3v) is 6.34. The molecule has 0 bridgehead atoms. The van der Waals surface area contributed by atoms with Crippen LogP contribution in [0.25, 0.3) is 0 Å². The van der Waals surface area contributed by atoms with E-state index in [-0.39, 0.29) is 24.0 Å². The Morgan fingerprint density at radius 2 is 2.11 bits per heavy atom. The lowest BCUT2D eigenvalue weighted by Crippen LogP contribution is -2.41. The molecule has 1 saturated heterocycles. The fraction of sp³-hybridized carbons (Fsp3) is 1.00. The second-order valence-corrected chi connectivity index (χ2v) is 8.68. The van der Waals surface area contributed by atoms with Crippen molar-refractivity contribution in [3.8, 4) is 0 Å².